The lowest BCUT2D eigenvalue weighted by Gasteiger charge is -2.19. The van der Waals surface area contributed by atoms with Crippen molar-refractivity contribution >= 4 is 23.1 Å². The zero-order valence-electron chi connectivity index (χ0n) is 16.1. The average molecular weight is 394 g/mol. The second-order valence-electron chi connectivity index (χ2n) is 6.71. The van der Waals surface area contributed by atoms with Crippen molar-refractivity contribution in [3.63, 3.8) is 0 Å². The van der Waals surface area contributed by atoms with Gasteiger partial charge in [0, 0.05) is 32.0 Å². The number of rotatable bonds is 7. The number of carbonyl (C=O) groups is 2. The Bertz CT molecular complexity index is 955. The number of benzene rings is 2. The van der Waals surface area contributed by atoms with Crippen LogP contribution in [0.5, 0.6) is 11.5 Å². The summed E-state index contributed by atoms with van der Waals surface area (Å²) in [5, 5.41) is 3.14. The smallest absolute Gasteiger partial charge is 0.278 e. The van der Waals surface area contributed by atoms with Crippen molar-refractivity contribution in [2.24, 2.45) is 0 Å². The number of fused-ring (bicyclic) bond motifs is 1. The molecule has 0 atom stereocenters. The summed E-state index contributed by atoms with van der Waals surface area (Å²) in [7, 11) is 1.59. The number of ether oxygens (including phenoxy) is 3. The van der Waals surface area contributed by atoms with Gasteiger partial charge in [-0.3, -0.25) is 14.5 Å². The Morgan fingerprint density at radius 3 is 2.52 bits per heavy atom. The van der Waals surface area contributed by atoms with E-state index in [2.05, 4.69) is 5.32 Å². The van der Waals surface area contributed by atoms with Gasteiger partial charge < -0.3 is 19.5 Å². The van der Waals surface area contributed by atoms with Crippen LogP contribution in [0.4, 0.5) is 5.69 Å². The molecule has 2 amide bonds. The van der Waals surface area contributed by atoms with E-state index in [0.29, 0.717) is 61.1 Å². The van der Waals surface area contributed by atoms with Crippen molar-refractivity contribution in [2.75, 3.05) is 38.8 Å². The summed E-state index contributed by atoms with van der Waals surface area (Å²) in [6.07, 6.45) is 0.577. The highest BCUT2D eigenvalue weighted by Gasteiger charge is 2.38. The predicted octanol–water partition coefficient (Wildman–Crippen LogP) is 2.69. The van der Waals surface area contributed by atoms with E-state index in [0.717, 1.165) is 0 Å². The van der Waals surface area contributed by atoms with E-state index < -0.39 is 0 Å². The molecule has 1 N–H and O–H groups in total. The van der Waals surface area contributed by atoms with Crippen molar-refractivity contribution in [1.82, 2.24) is 4.90 Å². The molecular weight excluding hydrogens is 372 g/mol. The monoisotopic (exact) mass is 394 g/mol. The predicted molar refractivity (Wildman–Crippen MR) is 108 cm³/mol. The zero-order valence-corrected chi connectivity index (χ0v) is 16.1. The Morgan fingerprint density at radius 1 is 1.00 bits per heavy atom. The first kappa shape index (κ1) is 19.0. The SMILES string of the molecule is COCCCN1C(=O)C(Nc2ccc3c(c2)OCCO3)=C(c2ccccc2)C1=O. The fourth-order valence-corrected chi connectivity index (χ4v) is 3.40. The molecule has 0 saturated heterocycles. The van der Waals surface area contributed by atoms with Crippen LogP contribution in [-0.4, -0.2) is 50.2 Å². The molecule has 29 heavy (non-hydrogen) atoms. The molecule has 7 nitrogen and oxygen atoms in total. The van der Waals surface area contributed by atoms with Gasteiger partial charge in [-0.05, 0) is 24.1 Å². The molecule has 0 fully saturated rings. The molecule has 2 aliphatic rings. The molecule has 2 aliphatic heterocycles. The highest BCUT2D eigenvalue weighted by atomic mass is 16.6. The van der Waals surface area contributed by atoms with Crippen molar-refractivity contribution < 1.29 is 23.8 Å². The number of methoxy groups -OCH3 is 1. The Kier molecular flexibility index (Phi) is 5.48. The second kappa shape index (κ2) is 8.36. The Hall–Kier alpha value is -3.32. The number of carbonyl (C=O) groups excluding carboxylic acids is 2. The lowest BCUT2D eigenvalue weighted by Crippen LogP contribution is -2.33. The molecule has 0 aliphatic carbocycles. The van der Waals surface area contributed by atoms with Gasteiger partial charge in [0.05, 0.1) is 5.57 Å². The first-order chi connectivity index (χ1) is 14.2. The van der Waals surface area contributed by atoms with Crippen LogP contribution in [0, 0.1) is 0 Å². The van der Waals surface area contributed by atoms with Crippen molar-refractivity contribution in [2.45, 2.75) is 6.42 Å². The molecule has 0 saturated carbocycles. The van der Waals surface area contributed by atoms with E-state index in [1.165, 1.54) is 4.90 Å². The number of nitrogens with one attached hydrogen (secondary N) is 1. The largest absolute Gasteiger partial charge is 0.486 e. The van der Waals surface area contributed by atoms with Gasteiger partial charge in [0.2, 0.25) is 0 Å². The maximum atomic E-state index is 13.1. The molecule has 0 bridgehead atoms. The minimum absolute atomic E-state index is 0.260. The average Bonchev–Trinajstić information content (AvgIpc) is 2.98. The van der Waals surface area contributed by atoms with Crippen molar-refractivity contribution in [3.8, 4) is 11.5 Å². The van der Waals surface area contributed by atoms with E-state index in [1.807, 2.05) is 30.3 Å². The van der Waals surface area contributed by atoms with Crippen LogP contribution < -0.4 is 14.8 Å². The second-order valence-corrected chi connectivity index (χ2v) is 6.71. The van der Waals surface area contributed by atoms with E-state index in [1.54, 1.807) is 25.3 Å². The number of hydrogen-bond donors (Lipinski definition) is 1. The third-order valence-corrected chi connectivity index (χ3v) is 4.77. The molecule has 0 unspecified atom stereocenters. The van der Waals surface area contributed by atoms with Crippen molar-refractivity contribution in [1.29, 1.82) is 0 Å². The van der Waals surface area contributed by atoms with Crippen LogP contribution >= 0.6 is 0 Å². The molecule has 4 rings (SSSR count). The summed E-state index contributed by atoms with van der Waals surface area (Å²) >= 11 is 0. The molecule has 150 valence electrons. The first-order valence-electron chi connectivity index (χ1n) is 9.50. The van der Waals surface area contributed by atoms with Gasteiger partial charge in [-0.15, -0.1) is 0 Å². The summed E-state index contributed by atoms with van der Waals surface area (Å²) < 4.78 is 16.2. The number of anilines is 1. The molecule has 2 heterocycles. The van der Waals surface area contributed by atoms with E-state index in [4.69, 9.17) is 14.2 Å². The van der Waals surface area contributed by atoms with Crippen molar-refractivity contribution in [3.05, 3.63) is 59.8 Å². The van der Waals surface area contributed by atoms with Gasteiger partial charge in [-0.25, -0.2) is 0 Å². The molecule has 0 radical (unpaired) electrons. The van der Waals surface area contributed by atoms with Crippen LogP contribution in [0.3, 0.4) is 0 Å². The minimum atomic E-state index is -0.347. The highest BCUT2D eigenvalue weighted by Crippen LogP contribution is 2.35. The molecule has 0 aromatic heterocycles. The standard InChI is InChI=1S/C22H22N2O5/c1-27-11-5-10-24-21(25)19(15-6-3-2-4-7-15)20(22(24)26)23-16-8-9-17-18(14-16)29-13-12-28-17/h2-4,6-9,14,23H,5,10-13H2,1H3. The van der Waals surface area contributed by atoms with Gasteiger partial charge in [0.25, 0.3) is 11.8 Å². The summed E-state index contributed by atoms with van der Waals surface area (Å²) in [6, 6.07) is 14.6. The molecular formula is C22H22N2O5. The molecule has 2 aromatic carbocycles. The maximum Gasteiger partial charge on any atom is 0.278 e. The quantitative estimate of drug-likeness (QED) is 0.575. The van der Waals surface area contributed by atoms with Crippen LogP contribution in [0.2, 0.25) is 0 Å². The summed E-state index contributed by atoms with van der Waals surface area (Å²) in [6.45, 7) is 1.75. The van der Waals surface area contributed by atoms with Crippen LogP contribution in [0.1, 0.15) is 12.0 Å². The number of hydrogen-bond acceptors (Lipinski definition) is 6. The number of nitrogens with zero attached hydrogens (tertiary/aromatic N) is 1. The first-order valence-corrected chi connectivity index (χ1v) is 9.50. The lowest BCUT2D eigenvalue weighted by molar-refractivity contribution is -0.136. The fourth-order valence-electron chi connectivity index (χ4n) is 3.40. The Labute approximate surface area is 168 Å². The summed E-state index contributed by atoms with van der Waals surface area (Å²) in [5.74, 6) is 0.614. The third-order valence-electron chi connectivity index (χ3n) is 4.77. The maximum absolute atomic E-state index is 13.1. The minimum Gasteiger partial charge on any atom is -0.486 e. The Morgan fingerprint density at radius 2 is 1.76 bits per heavy atom. The molecule has 2 aromatic rings. The van der Waals surface area contributed by atoms with Gasteiger partial charge in [0.1, 0.15) is 18.9 Å². The number of amides is 2. The van der Waals surface area contributed by atoms with Gasteiger partial charge in [0.15, 0.2) is 11.5 Å². The number of imide groups is 1. The fraction of sp³-hybridized carbons (Fsp3) is 0.273. The van der Waals surface area contributed by atoms with E-state index >= 15 is 0 Å². The zero-order chi connectivity index (χ0) is 20.2. The Balaban J connectivity index is 1.67. The van der Waals surface area contributed by atoms with Gasteiger partial charge in [-0.2, -0.15) is 0 Å². The van der Waals surface area contributed by atoms with E-state index in [9.17, 15) is 9.59 Å². The van der Waals surface area contributed by atoms with Crippen LogP contribution in [0.25, 0.3) is 5.57 Å². The van der Waals surface area contributed by atoms with Gasteiger partial charge >= 0.3 is 0 Å². The topological polar surface area (TPSA) is 77.1 Å². The van der Waals surface area contributed by atoms with Crippen LogP contribution in [0.15, 0.2) is 54.2 Å². The van der Waals surface area contributed by atoms with E-state index in [-0.39, 0.29) is 17.5 Å². The van der Waals surface area contributed by atoms with Crippen LogP contribution in [-0.2, 0) is 14.3 Å². The molecule has 0 spiro atoms. The lowest BCUT2D eigenvalue weighted by atomic mass is 10.0. The summed E-state index contributed by atoms with van der Waals surface area (Å²) in [4.78, 5) is 27.4. The normalized spacial score (nSPS) is 15.8. The third kappa shape index (κ3) is 3.82. The summed E-state index contributed by atoms with van der Waals surface area (Å²) in [5.41, 5.74) is 1.97. The molecule has 7 heteroatoms. The van der Waals surface area contributed by atoms with Gasteiger partial charge in [-0.1, -0.05) is 30.3 Å². The highest BCUT2D eigenvalue weighted by molar-refractivity contribution is 6.36.